The summed E-state index contributed by atoms with van der Waals surface area (Å²) in [6.07, 6.45) is 1.80. The second kappa shape index (κ2) is 4.72. The standard InChI is InChI=1S/C13H12ClNO2/c1-8-5-10-11(7-17-9(2)16)12(14)3-4-13(10)15-6-8/h3-6H,7H2,1-2H3. The highest BCUT2D eigenvalue weighted by Gasteiger charge is 2.08. The van der Waals surface area contributed by atoms with Crippen LogP contribution in [0.4, 0.5) is 0 Å². The number of ether oxygens (including phenoxy) is 1. The van der Waals surface area contributed by atoms with Crippen molar-refractivity contribution in [3.63, 3.8) is 0 Å². The number of carbonyl (C=O) groups excluding carboxylic acids is 1. The summed E-state index contributed by atoms with van der Waals surface area (Å²) in [7, 11) is 0. The molecule has 3 nitrogen and oxygen atoms in total. The molecule has 0 radical (unpaired) electrons. The molecular formula is C13H12ClNO2. The average Bonchev–Trinajstić information content (AvgIpc) is 2.27. The van der Waals surface area contributed by atoms with Gasteiger partial charge in [-0.15, -0.1) is 0 Å². The van der Waals surface area contributed by atoms with E-state index in [1.54, 1.807) is 12.3 Å². The number of aryl methyl sites for hydroxylation is 1. The lowest BCUT2D eigenvalue weighted by Gasteiger charge is -2.09. The summed E-state index contributed by atoms with van der Waals surface area (Å²) < 4.78 is 5.01. The van der Waals surface area contributed by atoms with Crippen LogP contribution in [0.15, 0.2) is 24.4 Å². The number of halogens is 1. The molecule has 0 spiro atoms. The fraction of sp³-hybridized carbons (Fsp3) is 0.231. The Morgan fingerprint density at radius 3 is 2.94 bits per heavy atom. The molecule has 88 valence electrons. The highest BCUT2D eigenvalue weighted by atomic mass is 35.5. The minimum absolute atomic E-state index is 0.177. The summed E-state index contributed by atoms with van der Waals surface area (Å²) in [6, 6.07) is 5.62. The zero-order valence-corrected chi connectivity index (χ0v) is 10.4. The molecule has 2 aromatic rings. The molecule has 0 saturated carbocycles. The molecule has 1 aromatic carbocycles. The molecule has 0 unspecified atom stereocenters. The molecule has 17 heavy (non-hydrogen) atoms. The largest absolute Gasteiger partial charge is 0.461 e. The maximum atomic E-state index is 10.9. The van der Waals surface area contributed by atoms with Gasteiger partial charge in [-0.1, -0.05) is 11.6 Å². The van der Waals surface area contributed by atoms with Crippen molar-refractivity contribution >= 4 is 28.5 Å². The van der Waals surface area contributed by atoms with Gasteiger partial charge in [-0.3, -0.25) is 9.78 Å². The third-order valence-electron chi connectivity index (χ3n) is 2.48. The number of carbonyl (C=O) groups is 1. The third-order valence-corrected chi connectivity index (χ3v) is 2.83. The molecule has 0 aliphatic rings. The molecule has 0 N–H and O–H groups in total. The number of fused-ring (bicyclic) bond motifs is 1. The van der Waals surface area contributed by atoms with E-state index in [1.165, 1.54) is 6.92 Å². The van der Waals surface area contributed by atoms with Crippen LogP contribution in [0.25, 0.3) is 10.9 Å². The van der Waals surface area contributed by atoms with Crippen LogP contribution in [0.1, 0.15) is 18.1 Å². The topological polar surface area (TPSA) is 39.2 Å². The fourth-order valence-electron chi connectivity index (χ4n) is 1.66. The summed E-state index contributed by atoms with van der Waals surface area (Å²) in [5, 5.41) is 1.52. The number of hydrogen-bond donors (Lipinski definition) is 0. The predicted octanol–water partition coefficient (Wildman–Crippen LogP) is 3.26. The summed E-state index contributed by atoms with van der Waals surface area (Å²) in [5.74, 6) is -0.321. The van der Waals surface area contributed by atoms with Gasteiger partial charge in [0.2, 0.25) is 0 Å². The second-order valence-corrected chi connectivity index (χ2v) is 4.29. The molecule has 0 fully saturated rings. The Bertz CT molecular complexity index is 576. The zero-order valence-electron chi connectivity index (χ0n) is 9.66. The van der Waals surface area contributed by atoms with E-state index < -0.39 is 0 Å². The number of benzene rings is 1. The van der Waals surface area contributed by atoms with E-state index >= 15 is 0 Å². The molecule has 0 atom stereocenters. The average molecular weight is 250 g/mol. The molecule has 1 heterocycles. The Kier molecular flexibility index (Phi) is 3.29. The lowest BCUT2D eigenvalue weighted by Crippen LogP contribution is -2.00. The normalized spacial score (nSPS) is 10.5. The van der Waals surface area contributed by atoms with Gasteiger partial charge in [0, 0.05) is 29.1 Å². The van der Waals surface area contributed by atoms with Crippen molar-refractivity contribution in [1.82, 2.24) is 4.98 Å². The maximum absolute atomic E-state index is 10.9. The first-order chi connectivity index (χ1) is 8.08. The van der Waals surface area contributed by atoms with Gasteiger partial charge in [-0.2, -0.15) is 0 Å². The van der Waals surface area contributed by atoms with Crippen molar-refractivity contribution < 1.29 is 9.53 Å². The Balaban J connectivity index is 2.53. The minimum atomic E-state index is -0.321. The van der Waals surface area contributed by atoms with Crippen molar-refractivity contribution in [2.24, 2.45) is 0 Å². The molecule has 0 aliphatic carbocycles. The minimum Gasteiger partial charge on any atom is -0.461 e. The number of aromatic nitrogens is 1. The lowest BCUT2D eigenvalue weighted by molar-refractivity contribution is -0.142. The van der Waals surface area contributed by atoms with Crippen molar-refractivity contribution in [3.8, 4) is 0 Å². The van der Waals surface area contributed by atoms with Crippen LogP contribution in [0, 0.1) is 6.92 Å². The summed E-state index contributed by atoms with van der Waals surface area (Å²) in [4.78, 5) is 15.2. The van der Waals surface area contributed by atoms with E-state index in [0.29, 0.717) is 5.02 Å². The lowest BCUT2D eigenvalue weighted by atomic mass is 10.1. The Hall–Kier alpha value is -1.61. The van der Waals surface area contributed by atoms with Crippen molar-refractivity contribution in [3.05, 3.63) is 40.5 Å². The van der Waals surface area contributed by atoms with Gasteiger partial charge in [0.05, 0.1) is 5.52 Å². The van der Waals surface area contributed by atoms with Crippen LogP contribution in [0.5, 0.6) is 0 Å². The van der Waals surface area contributed by atoms with E-state index in [2.05, 4.69) is 4.98 Å². The van der Waals surface area contributed by atoms with E-state index in [4.69, 9.17) is 16.3 Å². The van der Waals surface area contributed by atoms with Gasteiger partial charge in [-0.05, 0) is 30.7 Å². The van der Waals surface area contributed by atoms with E-state index in [0.717, 1.165) is 22.0 Å². The molecule has 4 heteroatoms. The zero-order chi connectivity index (χ0) is 12.4. The van der Waals surface area contributed by atoms with Gasteiger partial charge < -0.3 is 4.74 Å². The second-order valence-electron chi connectivity index (χ2n) is 3.89. The van der Waals surface area contributed by atoms with Gasteiger partial charge in [0.15, 0.2) is 0 Å². The number of nitrogens with zero attached hydrogens (tertiary/aromatic N) is 1. The third kappa shape index (κ3) is 2.56. The number of esters is 1. The molecule has 0 saturated heterocycles. The van der Waals surface area contributed by atoms with Gasteiger partial charge in [0.1, 0.15) is 6.61 Å². The summed E-state index contributed by atoms with van der Waals surface area (Å²) >= 11 is 6.12. The highest BCUT2D eigenvalue weighted by Crippen LogP contribution is 2.26. The van der Waals surface area contributed by atoms with E-state index in [9.17, 15) is 4.79 Å². The number of pyridine rings is 1. The van der Waals surface area contributed by atoms with Crippen LogP contribution in [-0.4, -0.2) is 11.0 Å². The number of rotatable bonds is 2. The van der Waals surface area contributed by atoms with Gasteiger partial charge in [-0.25, -0.2) is 0 Å². The first-order valence-corrected chi connectivity index (χ1v) is 5.63. The highest BCUT2D eigenvalue weighted by molar-refractivity contribution is 6.32. The van der Waals surface area contributed by atoms with Crippen LogP contribution in [-0.2, 0) is 16.1 Å². The maximum Gasteiger partial charge on any atom is 0.302 e. The number of hydrogen-bond acceptors (Lipinski definition) is 3. The van der Waals surface area contributed by atoms with Crippen LogP contribution < -0.4 is 0 Å². The van der Waals surface area contributed by atoms with Crippen LogP contribution in [0.3, 0.4) is 0 Å². The molecular weight excluding hydrogens is 238 g/mol. The van der Waals surface area contributed by atoms with Crippen LogP contribution in [0.2, 0.25) is 5.02 Å². The first kappa shape index (κ1) is 11.9. The Morgan fingerprint density at radius 1 is 1.47 bits per heavy atom. The summed E-state index contributed by atoms with van der Waals surface area (Å²) in [5.41, 5.74) is 2.70. The van der Waals surface area contributed by atoms with Crippen molar-refractivity contribution in [1.29, 1.82) is 0 Å². The van der Waals surface area contributed by atoms with Crippen LogP contribution >= 0.6 is 11.6 Å². The molecule has 0 amide bonds. The molecule has 0 bridgehead atoms. The van der Waals surface area contributed by atoms with Gasteiger partial charge in [0.25, 0.3) is 0 Å². The molecule has 0 aliphatic heterocycles. The molecule has 2 rings (SSSR count). The Morgan fingerprint density at radius 2 is 2.24 bits per heavy atom. The molecule has 1 aromatic heterocycles. The predicted molar refractivity (Wildman–Crippen MR) is 67.0 cm³/mol. The van der Waals surface area contributed by atoms with E-state index in [-0.39, 0.29) is 12.6 Å². The first-order valence-electron chi connectivity index (χ1n) is 5.25. The fourth-order valence-corrected chi connectivity index (χ4v) is 1.88. The quantitative estimate of drug-likeness (QED) is 0.767. The van der Waals surface area contributed by atoms with Crippen molar-refractivity contribution in [2.45, 2.75) is 20.5 Å². The van der Waals surface area contributed by atoms with Gasteiger partial charge >= 0.3 is 5.97 Å². The van der Waals surface area contributed by atoms with Crippen molar-refractivity contribution in [2.75, 3.05) is 0 Å². The Labute approximate surface area is 104 Å². The SMILES string of the molecule is CC(=O)OCc1c(Cl)ccc2ncc(C)cc12. The monoisotopic (exact) mass is 249 g/mol. The van der Waals surface area contributed by atoms with E-state index in [1.807, 2.05) is 19.1 Å². The smallest absolute Gasteiger partial charge is 0.302 e. The summed E-state index contributed by atoms with van der Waals surface area (Å²) in [6.45, 7) is 3.52.